The van der Waals surface area contributed by atoms with Gasteiger partial charge in [0.05, 0.1) is 13.5 Å². The summed E-state index contributed by atoms with van der Waals surface area (Å²) in [7, 11) is 3.10. The van der Waals surface area contributed by atoms with Gasteiger partial charge in [-0.05, 0) is 31.5 Å². The van der Waals surface area contributed by atoms with Gasteiger partial charge >= 0.3 is 5.97 Å². The summed E-state index contributed by atoms with van der Waals surface area (Å²) in [6.45, 7) is 2.87. The van der Waals surface area contributed by atoms with Crippen molar-refractivity contribution < 1.29 is 19.1 Å². The smallest absolute Gasteiger partial charge is 0.307 e. The Morgan fingerprint density at radius 3 is 2.69 bits per heavy atom. The van der Waals surface area contributed by atoms with Crippen LogP contribution in [0.5, 0.6) is 0 Å². The lowest BCUT2D eigenvalue weighted by Crippen LogP contribution is -2.26. The van der Waals surface area contributed by atoms with E-state index in [0.29, 0.717) is 31.4 Å². The van der Waals surface area contributed by atoms with E-state index in [0.717, 1.165) is 5.56 Å². The highest BCUT2D eigenvalue weighted by Gasteiger charge is 2.07. The minimum Gasteiger partial charge on any atom is -0.469 e. The first-order chi connectivity index (χ1) is 12.5. The zero-order chi connectivity index (χ0) is 19.4. The lowest BCUT2D eigenvalue weighted by Gasteiger charge is -2.13. The molecule has 0 saturated heterocycles. The fraction of sp³-hybridized carbons (Fsp3) is 0.450. The van der Waals surface area contributed by atoms with Crippen LogP contribution in [0.25, 0.3) is 0 Å². The molecule has 0 spiro atoms. The first-order valence-electron chi connectivity index (χ1n) is 8.65. The van der Waals surface area contributed by atoms with Crippen LogP contribution in [0.2, 0.25) is 0 Å². The summed E-state index contributed by atoms with van der Waals surface area (Å²) in [6.07, 6.45) is 1.96. The molecule has 0 aliphatic heterocycles. The molecule has 1 rings (SSSR count). The van der Waals surface area contributed by atoms with Crippen molar-refractivity contribution in [3.8, 4) is 11.8 Å². The number of nitrogens with one attached hydrogen (secondary N) is 1. The number of esters is 1. The van der Waals surface area contributed by atoms with E-state index in [1.165, 1.54) is 7.11 Å². The second kappa shape index (κ2) is 11.7. The van der Waals surface area contributed by atoms with Crippen molar-refractivity contribution in [2.45, 2.75) is 32.6 Å². The monoisotopic (exact) mass is 358 g/mol. The third kappa shape index (κ3) is 7.84. The Kier molecular flexibility index (Phi) is 9.55. The van der Waals surface area contributed by atoms with Gasteiger partial charge in [0.15, 0.2) is 0 Å². The number of unbranched alkanes of at least 4 members (excludes halogenated alkanes) is 1. The molecule has 0 unspecified atom stereocenters. The molecule has 0 heterocycles. The maximum absolute atomic E-state index is 12.1. The Balaban J connectivity index is 2.48. The van der Waals surface area contributed by atoms with Crippen LogP contribution >= 0.6 is 0 Å². The highest BCUT2D eigenvalue weighted by Crippen LogP contribution is 2.05. The van der Waals surface area contributed by atoms with Crippen LogP contribution in [-0.4, -0.2) is 49.9 Å². The lowest BCUT2D eigenvalue weighted by atomic mass is 10.1. The van der Waals surface area contributed by atoms with Gasteiger partial charge in [0, 0.05) is 44.1 Å². The molecule has 0 aliphatic carbocycles. The molecule has 1 aromatic rings. The Morgan fingerprint density at radius 2 is 2.00 bits per heavy atom. The second-order valence-corrected chi connectivity index (χ2v) is 5.73. The Bertz CT molecular complexity index is 689. The molecule has 1 aromatic carbocycles. The van der Waals surface area contributed by atoms with Crippen molar-refractivity contribution in [2.75, 3.05) is 27.2 Å². The molecule has 0 bridgehead atoms. The number of nitrogens with zero attached hydrogens (tertiary/aromatic N) is 1. The van der Waals surface area contributed by atoms with Gasteiger partial charge in [0.2, 0.25) is 5.91 Å². The van der Waals surface area contributed by atoms with E-state index >= 15 is 0 Å². The van der Waals surface area contributed by atoms with Gasteiger partial charge in [-0.15, -0.1) is 0 Å². The standard InChI is InChI=1S/C20H26N2O4/c1-4-22(2)18(23)12-7-5-6-9-16-10-8-11-17(15-16)20(25)21-14-13-19(24)26-3/h8,10-11,15H,4-5,7,12-14H2,1-3H3,(H,21,25). The van der Waals surface area contributed by atoms with Crippen molar-refractivity contribution in [1.82, 2.24) is 10.2 Å². The van der Waals surface area contributed by atoms with Gasteiger partial charge in [-0.2, -0.15) is 0 Å². The van der Waals surface area contributed by atoms with Crippen LogP contribution in [0.4, 0.5) is 0 Å². The summed E-state index contributed by atoms with van der Waals surface area (Å²) in [6, 6.07) is 6.99. The topological polar surface area (TPSA) is 75.7 Å². The van der Waals surface area contributed by atoms with Crippen molar-refractivity contribution in [1.29, 1.82) is 0 Å². The number of carbonyl (C=O) groups is 3. The average molecular weight is 358 g/mol. The van der Waals surface area contributed by atoms with E-state index in [1.54, 1.807) is 30.1 Å². The molecule has 6 nitrogen and oxygen atoms in total. The number of ether oxygens (including phenoxy) is 1. The Labute approximate surface area is 154 Å². The number of hydrogen-bond donors (Lipinski definition) is 1. The predicted octanol–water partition coefficient (Wildman–Crippen LogP) is 1.98. The predicted molar refractivity (Wildman–Crippen MR) is 99.4 cm³/mol. The minimum atomic E-state index is -0.367. The van der Waals surface area contributed by atoms with Crippen LogP contribution in [0.1, 0.15) is 48.5 Å². The highest BCUT2D eigenvalue weighted by molar-refractivity contribution is 5.94. The van der Waals surface area contributed by atoms with Crippen LogP contribution in [-0.2, 0) is 14.3 Å². The molecule has 0 saturated carbocycles. The molecule has 0 fully saturated rings. The zero-order valence-electron chi connectivity index (χ0n) is 15.6. The van der Waals surface area contributed by atoms with Gasteiger partial charge in [0.25, 0.3) is 5.91 Å². The van der Waals surface area contributed by atoms with Crippen molar-refractivity contribution >= 4 is 17.8 Å². The molecule has 1 N–H and O–H groups in total. The third-order valence-corrected chi connectivity index (χ3v) is 3.79. The van der Waals surface area contributed by atoms with Gasteiger partial charge in [-0.3, -0.25) is 14.4 Å². The Hall–Kier alpha value is -2.81. The van der Waals surface area contributed by atoms with E-state index in [-0.39, 0.29) is 30.7 Å². The number of amides is 2. The minimum absolute atomic E-state index is 0.125. The van der Waals surface area contributed by atoms with Crippen LogP contribution in [0.15, 0.2) is 24.3 Å². The highest BCUT2D eigenvalue weighted by atomic mass is 16.5. The van der Waals surface area contributed by atoms with Gasteiger partial charge in [0.1, 0.15) is 0 Å². The van der Waals surface area contributed by atoms with Crippen LogP contribution < -0.4 is 5.32 Å². The summed E-state index contributed by atoms with van der Waals surface area (Å²) in [5.74, 6) is 5.54. The van der Waals surface area contributed by atoms with E-state index in [1.807, 2.05) is 13.0 Å². The van der Waals surface area contributed by atoms with E-state index in [2.05, 4.69) is 21.9 Å². The molecular weight excluding hydrogens is 332 g/mol. The summed E-state index contributed by atoms with van der Waals surface area (Å²) >= 11 is 0. The molecule has 140 valence electrons. The fourth-order valence-electron chi connectivity index (χ4n) is 2.08. The first-order valence-corrected chi connectivity index (χ1v) is 8.65. The molecule has 0 aliphatic rings. The number of benzene rings is 1. The summed E-state index contributed by atoms with van der Waals surface area (Å²) < 4.78 is 4.52. The van der Waals surface area contributed by atoms with Crippen molar-refractivity contribution in [3.63, 3.8) is 0 Å². The maximum Gasteiger partial charge on any atom is 0.307 e. The van der Waals surface area contributed by atoms with Crippen molar-refractivity contribution in [3.05, 3.63) is 35.4 Å². The number of carbonyl (C=O) groups excluding carboxylic acids is 3. The number of rotatable bonds is 8. The summed E-state index contributed by atoms with van der Waals surface area (Å²) in [5.41, 5.74) is 1.23. The van der Waals surface area contributed by atoms with Gasteiger partial charge < -0.3 is 15.0 Å². The molecule has 0 aromatic heterocycles. The van der Waals surface area contributed by atoms with Gasteiger partial charge in [-0.25, -0.2) is 0 Å². The largest absolute Gasteiger partial charge is 0.469 e. The summed E-state index contributed by atoms with van der Waals surface area (Å²) in [5, 5.41) is 2.67. The van der Waals surface area contributed by atoms with E-state index in [9.17, 15) is 14.4 Å². The van der Waals surface area contributed by atoms with E-state index in [4.69, 9.17) is 0 Å². The van der Waals surface area contributed by atoms with Gasteiger partial charge in [-0.1, -0.05) is 17.9 Å². The number of methoxy groups -OCH3 is 1. The SMILES string of the molecule is CCN(C)C(=O)CCCC#Cc1cccc(C(=O)NCCC(=O)OC)c1. The maximum atomic E-state index is 12.1. The molecule has 2 amide bonds. The zero-order valence-corrected chi connectivity index (χ0v) is 15.6. The average Bonchev–Trinajstić information content (AvgIpc) is 2.66. The molecular formula is C20H26N2O4. The molecule has 26 heavy (non-hydrogen) atoms. The van der Waals surface area contributed by atoms with Crippen LogP contribution in [0.3, 0.4) is 0 Å². The van der Waals surface area contributed by atoms with Crippen molar-refractivity contribution in [2.24, 2.45) is 0 Å². The molecule has 0 atom stereocenters. The van der Waals surface area contributed by atoms with E-state index < -0.39 is 0 Å². The quantitative estimate of drug-likeness (QED) is 0.438. The first kappa shape index (κ1) is 21.2. The second-order valence-electron chi connectivity index (χ2n) is 5.73. The number of hydrogen-bond acceptors (Lipinski definition) is 4. The fourth-order valence-corrected chi connectivity index (χ4v) is 2.08. The molecule has 0 radical (unpaired) electrons. The molecule has 6 heteroatoms. The third-order valence-electron chi connectivity index (χ3n) is 3.79. The summed E-state index contributed by atoms with van der Waals surface area (Å²) in [4.78, 5) is 36.5. The lowest BCUT2D eigenvalue weighted by molar-refractivity contribution is -0.140. The Morgan fingerprint density at radius 1 is 1.23 bits per heavy atom. The van der Waals surface area contributed by atoms with Crippen LogP contribution in [0, 0.1) is 11.8 Å². The normalized spacial score (nSPS) is 9.65.